The van der Waals surface area contributed by atoms with Crippen molar-refractivity contribution >= 4 is 23.2 Å². The summed E-state index contributed by atoms with van der Waals surface area (Å²) in [4.78, 5) is 0. The molecule has 1 saturated carbocycles. The van der Waals surface area contributed by atoms with E-state index in [9.17, 15) is 0 Å². The van der Waals surface area contributed by atoms with Crippen LogP contribution in [0.1, 0.15) is 50.5 Å². The third-order valence-corrected chi connectivity index (χ3v) is 4.12. The number of rotatable bonds is 2. The van der Waals surface area contributed by atoms with E-state index in [4.69, 9.17) is 23.2 Å². The molecule has 16 heavy (non-hydrogen) atoms. The number of benzene rings is 1. The van der Waals surface area contributed by atoms with Gasteiger partial charge >= 0.3 is 0 Å². The van der Waals surface area contributed by atoms with Gasteiger partial charge in [-0.3, -0.25) is 0 Å². The van der Waals surface area contributed by atoms with E-state index in [1.54, 1.807) is 0 Å². The summed E-state index contributed by atoms with van der Waals surface area (Å²) in [6.45, 7) is 2.29. The van der Waals surface area contributed by atoms with Crippen LogP contribution in [0.3, 0.4) is 0 Å². The standard InChI is InChI=1S/C14H17Cl2/c1-10(11-5-3-2-4-6-11)12-7-13(15)9-14(16)8-12/h7-8,10-11H,2-6H2,1H3. The normalized spacial score (nSPS) is 19.7. The Morgan fingerprint density at radius 1 is 1.12 bits per heavy atom. The highest BCUT2D eigenvalue weighted by atomic mass is 35.5. The molecule has 1 aromatic carbocycles. The van der Waals surface area contributed by atoms with Gasteiger partial charge < -0.3 is 0 Å². The van der Waals surface area contributed by atoms with Gasteiger partial charge in [-0.25, -0.2) is 0 Å². The second-order valence-corrected chi connectivity index (χ2v) is 5.61. The predicted molar refractivity (Wildman–Crippen MR) is 70.3 cm³/mol. The Morgan fingerprint density at radius 3 is 2.25 bits per heavy atom. The van der Waals surface area contributed by atoms with Crippen LogP contribution in [0.4, 0.5) is 0 Å². The van der Waals surface area contributed by atoms with Crippen molar-refractivity contribution < 1.29 is 0 Å². The molecule has 1 aliphatic rings. The highest BCUT2D eigenvalue weighted by Gasteiger charge is 2.21. The quantitative estimate of drug-likeness (QED) is 0.657. The zero-order valence-electron chi connectivity index (χ0n) is 9.60. The van der Waals surface area contributed by atoms with Crippen molar-refractivity contribution in [3.8, 4) is 0 Å². The summed E-state index contributed by atoms with van der Waals surface area (Å²) >= 11 is 12.0. The van der Waals surface area contributed by atoms with Crippen LogP contribution in [0.2, 0.25) is 10.0 Å². The fraction of sp³-hybridized carbons (Fsp3) is 0.571. The Labute approximate surface area is 108 Å². The number of hydrogen-bond donors (Lipinski definition) is 0. The van der Waals surface area contributed by atoms with E-state index in [1.807, 2.05) is 12.1 Å². The minimum absolute atomic E-state index is 0.560. The molecule has 2 heteroatoms. The lowest BCUT2D eigenvalue weighted by molar-refractivity contribution is 0.316. The maximum absolute atomic E-state index is 5.99. The van der Waals surface area contributed by atoms with Gasteiger partial charge in [-0.1, -0.05) is 49.4 Å². The summed E-state index contributed by atoms with van der Waals surface area (Å²) in [7, 11) is 0. The van der Waals surface area contributed by atoms with Crippen LogP contribution in [0.15, 0.2) is 12.1 Å². The van der Waals surface area contributed by atoms with E-state index in [0.717, 1.165) is 5.92 Å². The molecule has 0 aromatic heterocycles. The molecule has 2 rings (SSSR count). The van der Waals surface area contributed by atoms with Gasteiger partial charge in [0.05, 0.1) is 10.0 Å². The molecule has 87 valence electrons. The zero-order chi connectivity index (χ0) is 11.5. The van der Waals surface area contributed by atoms with E-state index in [2.05, 4.69) is 13.0 Å². The Bertz CT molecular complexity index is 334. The minimum atomic E-state index is 0.560. The van der Waals surface area contributed by atoms with Gasteiger partial charge in [0.2, 0.25) is 0 Å². The van der Waals surface area contributed by atoms with Crippen LogP contribution in [-0.4, -0.2) is 0 Å². The second kappa shape index (κ2) is 5.42. The van der Waals surface area contributed by atoms with Crippen molar-refractivity contribution in [2.45, 2.75) is 44.9 Å². The average molecular weight is 256 g/mol. The van der Waals surface area contributed by atoms with Crippen molar-refractivity contribution in [2.75, 3.05) is 0 Å². The van der Waals surface area contributed by atoms with Gasteiger partial charge in [-0.05, 0) is 42.4 Å². The summed E-state index contributed by atoms with van der Waals surface area (Å²) in [6.07, 6.45) is 6.82. The lowest BCUT2D eigenvalue weighted by Gasteiger charge is -2.28. The monoisotopic (exact) mass is 255 g/mol. The molecule has 1 aliphatic carbocycles. The Kier molecular flexibility index (Phi) is 4.16. The summed E-state index contributed by atoms with van der Waals surface area (Å²) in [5.41, 5.74) is 1.26. The van der Waals surface area contributed by atoms with Crippen LogP contribution in [0.5, 0.6) is 0 Å². The zero-order valence-corrected chi connectivity index (χ0v) is 11.1. The molecule has 0 nitrogen and oxygen atoms in total. The largest absolute Gasteiger partial charge is 0.0836 e. The second-order valence-electron chi connectivity index (χ2n) is 4.80. The Balaban J connectivity index is 2.15. The number of hydrogen-bond acceptors (Lipinski definition) is 0. The first-order chi connectivity index (χ1) is 7.66. The van der Waals surface area contributed by atoms with Crippen molar-refractivity contribution in [3.05, 3.63) is 33.8 Å². The van der Waals surface area contributed by atoms with Gasteiger partial charge in [-0.2, -0.15) is 0 Å². The Hall–Kier alpha value is -0.200. The van der Waals surface area contributed by atoms with Crippen LogP contribution < -0.4 is 0 Å². The molecule has 1 unspecified atom stereocenters. The molecule has 0 aliphatic heterocycles. The summed E-state index contributed by atoms with van der Waals surface area (Å²) in [5, 5.41) is 1.26. The van der Waals surface area contributed by atoms with Crippen molar-refractivity contribution in [1.82, 2.24) is 0 Å². The predicted octanol–water partition coefficient (Wildman–Crippen LogP) is 5.48. The number of halogens is 2. The lowest BCUT2D eigenvalue weighted by atomic mass is 9.78. The van der Waals surface area contributed by atoms with Crippen LogP contribution in [0, 0.1) is 12.0 Å². The third kappa shape index (κ3) is 2.93. The molecular weight excluding hydrogens is 239 g/mol. The summed E-state index contributed by atoms with van der Waals surface area (Å²) < 4.78 is 0. The van der Waals surface area contributed by atoms with Gasteiger partial charge in [0.25, 0.3) is 0 Å². The minimum Gasteiger partial charge on any atom is -0.0836 e. The SMILES string of the molecule is CC(c1cc(Cl)[c]c(Cl)c1)C1CCCCC1. The molecule has 0 heterocycles. The van der Waals surface area contributed by atoms with E-state index < -0.39 is 0 Å². The van der Waals surface area contributed by atoms with E-state index in [1.165, 1.54) is 37.7 Å². The van der Waals surface area contributed by atoms with E-state index >= 15 is 0 Å². The van der Waals surface area contributed by atoms with Gasteiger partial charge in [-0.15, -0.1) is 0 Å². The van der Waals surface area contributed by atoms with Crippen LogP contribution in [-0.2, 0) is 0 Å². The van der Waals surface area contributed by atoms with Gasteiger partial charge in [0.15, 0.2) is 0 Å². The molecule has 0 spiro atoms. The van der Waals surface area contributed by atoms with Gasteiger partial charge in [0.1, 0.15) is 0 Å². The lowest BCUT2D eigenvalue weighted by Crippen LogP contribution is -2.13. The van der Waals surface area contributed by atoms with Crippen LogP contribution in [0.25, 0.3) is 0 Å². The molecule has 1 aromatic rings. The average Bonchev–Trinajstić information content (AvgIpc) is 2.28. The first kappa shape index (κ1) is 12.3. The molecule has 1 fully saturated rings. The fourth-order valence-corrected chi connectivity index (χ4v) is 3.19. The Morgan fingerprint density at radius 2 is 1.69 bits per heavy atom. The smallest absolute Gasteiger partial charge is 0.0503 e. The molecule has 1 atom stereocenters. The summed E-state index contributed by atoms with van der Waals surface area (Å²) in [6, 6.07) is 6.91. The maximum atomic E-state index is 5.99. The van der Waals surface area contributed by atoms with Gasteiger partial charge in [0, 0.05) is 6.07 Å². The molecule has 1 radical (unpaired) electrons. The van der Waals surface area contributed by atoms with Crippen molar-refractivity contribution in [1.29, 1.82) is 0 Å². The maximum Gasteiger partial charge on any atom is 0.0503 e. The first-order valence-corrected chi connectivity index (χ1v) is 6.80. The van der Waals surface area contributed by atoms with Crippen LogP contribution >= 0.6 is 23.2 Å². The molecule has 0 bridgehead atoms. The molecule has 0 amide bonds. The third-order valence-electron chi connectivity index (χ3n) is 3.71. The van der Waals surface area contributed by atoms with E-state index in [-0.39, 0.29) is 0 Å². The highest BCUT2D eigenvalue weighted by Crippen LogP contribution is 2.37. The molecular formula is C14H17Cl2. The van der Waals surface area contributed by atoms with E-state index in [0.29, 0.717) is 16.0 Å². The first-order valence-electron chi connectivity index (χ1n) is 6.05. The van der Waals surface area contributed by atoms with Crippen molar-refractivity contribution in [3.63, 3.8) is 0 Å². The summed E-state index contributed by atoms with van der Waals surface area (Å²) in [5.74, 6) is 1.35. The fourth-order valence-electron chi connectivity index (χ4n) is 2.69. The van der Waals surface area contributed by atoms with Crippen molar-refractivity contribution in [2.24, 2.45) is 5.92 Å². The molecule has 0 N–H and O–H groups in total. The highest BCUT2D eigenvalue weighted by molar-refractivity contribution is 6.34. The molecule has 0 saturated heterocycles. The topological polar surface area (TPSA) is 0 Å².